The smallest absolute Gasteiger partial charge is 0.0737 e. The summed E-state index contributed by atoms with van der Waals surface area (Å²) in [6, 6.07) is 8.33. The van der Waals surface area contributed by atoms with Crippen molar-refractivity contribution in [2.24, 2.45) is 5.73 Å². The maximum Gasteiger partial charge on any atom is 0.0737 e. The molecular formula is C20H31ClN4S. The standard InChI is InChI=1S/C20H31ClN4S/c1-3-25(12-14-26-13-9-22)11-4-5-16(2)24-19-8-10-23-20-15-17(21)6-7-18(19)20/h6-8,10,15-16H,3-5,9,11-14,22H2,1-2H3,(H,23,24). The molecule has 144 valence electrons. The second-order valence-electron chi connectivity index (χ2n) is 6.54. The Labute approximate surface area is 166 Å². The quantitative estimate of drug-likeness (QED) is 0.519. The summed E-state index contributed by atoms with van der Waals surface area (Å²) >= 11 is 8.02. The molecule has 0 aliphatic rings. The molecular weight excluding hydrogens is 364 g/mol. The summed E-state index contributed by atoms with van der Waals surface area (Å²) in [6.45, 7) is 8.67. The molecule has 4 nitrogen and oxygen atoms in total. The SMILES string of the molecule is CCN(CCCC(C)Nc1ccnc2cc(Cl)ccc12)CCSCCN. The van der Waals surface area contributed by atoms with Gasteiger partial charge in [-0.2, -0.15) is 11.8 Å². The second-order valence-corrected chi connectivity index (χ2v) is 8.20. The van der Waals surface area contributed by atoms with Gasteiger partial charge in [0.05, 0.1) is 5.52 Å². The van der Waals surface area contributed by atoms with Crippen molar-refractivity contribution in [1.29, 1.82) is 0 Å². The summed E-state index contributed by atoms with van der Waals surface area (Å²) in [4.78, 5) is 6.94. The van der Waals surface area contributed by atoms with E-state index >= 15 is 0 Å². The van der Waals surface area contributed by atoms with Gasteiger partial charge in [-0.25, -0.2) is 0 Å². The number of nitrogens with one attached hydrogen (secondary N) is 1. The summed E-state index contributed by atoms with van der Waals surface area (Å²) in [5.74, 6) is 2.23. The van der Waals surface area contributed by atoms with Gasteiger partial charge in [0.1, 0.15) is 0 Å². The first-order valence-electron chi connectivity index (χ1n) is 9.45. The maximum atomic E-state index is 6.07. The van der Waals surface area contributed by atoms with Crippen LogP contribution >= 0.6 is 23.4 Å². The van der Waals surface area contributed by atoms with Gasteiger partial charge >= 0.3 is 0 Å². The highest BCUT2D eigenvalue weighted by Crippen LogP contribution is 2.25. The van der Waals surface area contributed by atoms with Gasteiger partial charge in [0, 0.05) is 52.9 Å². The van der Waals surface area contributed by atoms with Crippen LogP contribution in [-0.2, 0) is 0 Å². The third-order valence-electron chi connectivity index (χ3n) is 4.48. The Balaban J connectivity index is 1.79. The number of anilines is 1. The summed E-state index contributed by atoms with van der Waals surface area (Å²) in [7, 11) is 0. The molecule has 1 heterocycles. The summed E-state index contributed by atoms with van der Waals surface area (Å²) < 4.78 is 0. The van der Waals surface area contributed by atoms with Crippen LogP contribution in [0, 0.1) is 0 Å². The lowest BCUT2D eigenvalue weighted by molar-refractivity contribution is 0.297. The van der Waals surface area contributed by atoms with Gasteiger partial charge in [-0.15, -0.1) is 0 Å². The average Bonchev–Trinajstić information content (AvgIpc) is 2.63. The fraction of sp³-hybridized carbons (Fsp3) is 0.550. The largest absolute Gasteiger partial charge is 0.382 e. The molecule has 0 fully saturated rings. The molecule has 2 rings (SSSR count). The number of pyridine rings is 1. The van der Waals surface area contributed by atoms with Crippen LogP contribution in [0.2, 0.25) is 5.02 Å². The number of nitrogens with zero attached hydrogens (tertiary/aromatic N) is 2. The highest BCUT2D eigenvalue weighted by Gasteiger charge is 2.08. The van der Waals surface area contributed by atoms with Crippen molar-refractivity contribution in [1.82, 2.24) is 9.88 Å². The van der Waals surface area contributed by atoms with Gasteiger partial charge in [-0.3, -0.25) is 4.98 Å². The van der Waals surface area contributed by atoms with Gasteiger partial charge in [-0.1, -0.05) is 18.5 Å². The van der Waals surface area contributed by atoms with E-state index in [1.807, 2.05) is 42.2 Å². The predicted molar refractivity (Wildman–Crippen MR) is 118 cm³/mol. The number of hydrogen-bond acceptors (Lipinski definition) is 5. The highest BCUT2D eigenvalue weighted by molar-refractivity contribution is 7.99. The number of rotatable bonds is 12. The number of hydrogen-bond donors (Lipinski definition) is 2. The van der Waals surface area contributed by atoms with E-state index in [9.17, 15) is 0 Å². The molecule has 0 bridgehead atoms. The van der Waals surface area contributed by atoms with Crippen molar-refractivity contribution >= 4 is 40.0 Å². The van der Waals surface area contributed by atoms with Gasteiger partial charge in [0.2, 0.25) is 0 Å². The zero-order valence-electron chi connectivity index (χ0n) is 15.9. The zero-order chi connectivity index (χ0) is 18.8. The molecule has 0 aliphatic carbocycles. The van der Waals surface area contributed by atoms with E-state index in [0.29, 0.717) is 6.04 Å². The van der Waals surface area contributed by atoms with Crippen molar-refractivity contribution in [3.05, 3.63) is 35.5 Å². The molecule has 0 spiro atoms. The fourth-order valence-electron chi connectivity index (χ4n) is 3.01. The lowest BCUT2D eigenvalue weighted by Crippen LogP contribution is -2.28. The van der Waals surface area contributed by atoms with Crippen molar-refractivity contribution in [2.75, 3.05) is 43.0 Å². The van der Waals surface area contributed by atoms with Crippen LogP contribution in [0.3, 0.4) is 0 Å². The molecule has 2 aromatic rings. The molecule has 0 saturated heterocycles. The monoisotopic (exact) mass is 394 g/mol. The molecule has 1 atom stereocenters. The van der Waals surface area contributed by atoms with Crippen LogP contribution in [0.25, 0.3) is 10.9 Å². The molecule has 3 N–H and O–H groups in total. The van der Waals surface area contributed by atoms with E-state index < -0.39 is 0 Å². The van der Waals surface area contributed by atoms with E-state index in [-0.39, 0.29) is 0 Å². The summed E-state index contributed by atoms with van der Waals surface area (Å²) in [5, 5.41) is 5.48. The van der Waals surface area contributed by atoms with Crippen LogP contribution in [0.15, 0.2) is 30.5 Å². The first kappa shape index (κ1) is 21.3. The molecule has 0 radical (unpaired) electrons. The van der Waals surface area contributed by atoms with E-state index in [2.05, 4.69) is 29.0 Å². The van der Waals surface area contributed by atoms with Gasteiger partial charge in [0.25, 0.3) is 0 Å². The topological polar surface area (TPSA) is 54.2 Å². The minimum atomic E-state index is 0.418. The van der Waals surface area contributed by atoms with Gasteiger partial charge in [0.15, 0.2) is 0 Å². The van der Waals surface area contributed by atoms with Gasteiger partial charge in [-0.05, 0) is 57.1 Å². The molecule has 1 aromatic carbocycles. The van der Waals surface area contributed by atoms with Crippen molar-refractivity contribution in [2.45, 2.75) is 32.7 Å². The number of fused-ring (bicyclic) bond motifs is 1. The average molecular weight is 395 g/mol. The van der Waals surface area contributed by atoms with Crippen LogP contribution in [-0.4, -0.2) is 53.6 Å². The predicted octanol–water partition coefficient (Wildman–Crippen LogP) is 4.48. The molecule has 26 heavy (non-hydrogen) atoms. The summed E-state index contributed by atoms with van der Waals surface area (Å²) in [5.41, 5.74) is 7.61. The number of nitrogens with two attached hydrogens (primary N) is 1. The fourth-order valence-corrected chi connectivity index (χ4v) is 3.94. The Morgan fingerprint density at radius 3 is 2.88 bits per heavy atom. The Hall–Kier alpha value is -1.01. The molecule has 0 aliphatic heterocycles. The third kappa shape index (κ3) is 6.95. The molecule has 0 saturated carbocycles. The number of thioether (sulfide) groups is 1. The normalized spacial score (nSPS) is 12.7. The lowest BCUT2D eigenvalue weighted by atomic mass is 10.1. The molecule has 1 aromatic heterocycles. The number of halogens is 1. The van der Waals surface area contributed by atoms with E-state index in [1.165, 1.54) is 12.2 Å². The third-order valence-corrected chi connectivity index (χ3v) is 5.71. The Morgan fingerprint density at radius 1 is 1.27 bits per heavy atom. The Kier molecular flexibility index (Phi) is 9.54. The van der Waals surface area contributed by atoms with Crippen molar-refractivity contribution in [3.63, 3.8) is 0 Å². The zero-order valence-corrected chi connectivity index (χ0v) is 17.5. The highest BCUT2D eigenvalue weighted by atomic mass is 35.5. The van der Waals surface area contributed by atoms with Crippen molar-refractivity contribution in [3.8, 4) is 0 Å². The first-order valence-corrected chi connectivity index (χ1v) is 11.0. The first-order chi connectivity index (χ1) is 12.6. The second kappa shape index (κ2) is 11.7. The minimum Gasteiger partial charge on any atom is -0.382 e. The van der Waals surface area contributed by atoms with Crippen LogP contribution in [0.5, 0.6) is 0 Å². The van der Waals surface area contributed by atoms with Gasteiger partial charge < -0.3 is 16.0 Å². The maximum absolute atomic E-state index is 6.07. The Morgan fingerprint density at radius 2 is 2.12 bits per heavy atom. The Bertz CT molecular complexity index is 667. The van der Waals surface area contributed by atoms with E-state index in [1.54, 1.807) is 0 Å². The number of benzene rings is 1. The van der Waals surface area contributed by atoms with Crippen LogP contribution < -0.4 is 11.1 Å². The summed E-state index contributed by atoms with van der Waals surface area (Å²) in [6.07, 6.45) is 4.17. The van der Waals surface area contributed by atoms with E-state index in [0.717, 1.165) is 60.0 Å². The van der Waals surface area contributed by atoms with Crippen molar-refractivity contribution < 1.29 is 0 Å². The van der Waals surface area contributed by atoms with E-state index in [4.69, 9.17) is 17.3 Å². The number of aromatic nitrogens is 1. The molecule has 0 amide bonds. The molecule has 1 unspecified atom stereocenters. The molecule has 6 heteroatoms. The van der Waals surface area contributed by atoms with Crippen LogP contribution in [0.1, 0.15) is 26.7 Å². The van der Waals surface area contributed by atoms with Crippen LogP contribution in [0.4, 0.5) is 5.69 Å². The lowest BCUT2D eigenvalue weighted by Gasteiger charge is -2.22. The minimum absolute atomic E-state index is 0.418.